The first kappa shape index (κ1) is 16.6. The number of hydrogen-bond donors (Lipinski definition) is 2. The summed E-state index contributed by atoms with van der Waals surface area (Å²) in [6.45, 7) is 9.52. The average molecular weight is 288 g/mol. The van der Waals surface area contributed by atoms with Gasteiger partial charge < -0.3 is 15.4 Å². The molecule has 19 heavy (non-hydrogen) atoms. The van der Waals surface area contributed by atoms with E-state index in [1.54, 1.807) is 0 Å². The fourth-order valence-corrected chi connectivity index (χ4v) is 3.24. The maximum absolute atomic E-state index is 11.4. The summed E-state index contributed by atoms with van der Waals surface area (Å²) >= 11 is 2.05. The molecule has 4 nitrogen and oxygen atoms in total. The smallest absolute Gasteiger partial charge is 0.407 e. The molecule has 0 bridgehead atoms. The van der Waals surface area contributed by atoms with Crippen LogP contribution in [0.3, 0.4) is 0 Å². The zero-order valence-electron chi connectivity index (χ0n) is 12.6. The molecule has 0 aliphatic carbocycles. The van der Waals surface area contributed by atoms with Crippen LogP contribution in [-0.2, 0) is 4.74 Å². The first-order chi connectivity index (χ1) is 8.88. The highest BCUT2D eigenvalue weighted by Crippen LogP contribution is 2.24. The van der Waals surface area contributed by atoms with Gasteiger partial charge in [0, 0.05) is 17.8 Å². The molecule has 1 saturated heterocycles. The highest BCUT2D eigenvalue weighted by atomic mass is 32.2. The fourth-order valence-electron chi connectivity index (χ4n) is 2.07. The minimum Gasteiger partial charge on any atom is -0.444 e. The lowest BCUT2D eigenvalue weighted by Crippen LogP contribution is -2.40. The molecule has 1 heterocycles. The highest BCUT2D eigenvalue weighted by Gasteiger charge is 2.20. The van der Waals surface area contributed by atoms with E-state index >= 15 is 0 Å². The maximum atomic E-state index is 11.4. The van der Waals surface area contributed by atoms with E-state index in [4.69, 9.17) is 4.74 Å². The van der Waals surface area contributed by atoms with Crippen molar-refractivity contribution >= 4 is 17.9 Å². The summed E-state index contributed by atoms with van der Waals surface area (Å²) in [5.74, 6) is 1.29. The van der Waals surface area contributed by atoms with Gasteiger partial charge in [-0.25, -0.2) is 4.79 Å². The van der Waals surface area contributed by atoms with E-state index in [-0.39, 0.29) is 6.09 Å². The third-order valence-electron chi connectivity index (χ3n) is 3.04. The van der Waals surface area contributed by atoms with Crippen molar-refractivity contribution in [2.24, 2.45) is 0 Å². The van der Waals surface area contributed by atoms with Crippen LogP contribution in [-0.4, -0.2) is 41.8 Å². The number of amides is 1. The molecule has 2 unspecified atom stereocenters. The minimum atomic E-state index is -0.420. The molecule has 1 fully saturated rings. The molecule has 0 aromatic heterocycles. The second kappa shape index (κ2) is 8.00. The Labute approximate surface area is 121 Å². The van der Waals surface area contributed by atoms with E-state index in [9.17, 15) is 4.79 Å². The van der Waals surface area contributed by atoms with Gasteiger partial charge in [-0.3, -0.25) is 0 Å². The second-order valence-electron chi connectivity index (χ2n) is 6.06. The standard InChI is InChI=1S/C14H28N2O2S/c1-11-12(7-5-10-19-11)15-8-6-9-16-13(17)18-14(2,3)4/h11-12,15H,5-10H2,1-4H3,(H,16,17). The lowest BCUT2D eigenvalue weighted by atomic mass is 10.1. The van der Waals surface area contributed by atoms with E-state index in [1.807, 2.05) is 32.5 Å². The van der Waals surface area contributed by atoms with Gasteiger partial charge in [0.15, 0.2) is 0 Å². The van der Waals surface area contributed by atoms with Crippen molar-refractivity contribution in [1.29, 1.82) is 0 Å². The van der Waals surface area contributed by atoms with Crippen LogP contribution >= 0.6 is 11.8 Å². The van der Waals surface area contributed by atoms with Gasteiger partial charge in [-0.15, -0.1) is 0 Å². The molecule has 2 N–H and O–H groups in total. The number of ether oxygens (including phenoxy) is 1. The Morgan fingerprint density at radius 2 is 2.11 bits per heavy atom. The molecular weight excluding hydrogens is 260 g/mol. The number of nitrogens with one attached hydrogen (secondary N) is 2. The van der Waals surface area contributed by atoms with Crippen molar-refractivity contribution in [3.63, 3.8) is 0 Å². The molecule has 2 atom stereocenters. The molecule has 5 heteroatoms. The van der Waals surface area contributed by atoms with Gasteiger partial charge in [-0.1, -0.05) is 6.92 Å². The van der Waals surface area contributed by atoms with Crippen LogP contribution in [0.1, 0.15) is 47.0 Å². The largest absolute Gasteiger partial charge is 0.444 e. The lowest BCUT2D eigenvalue weighted by Gasteiger charge is -2.29. The van der Waals surface area contributed by atoms with E-state index in [0.717, 1.165) is 13.0 Å². The predicted octanol–water partition coefficient (Wildman–Crippen LogP) is 2.77. The van der Waals surface area contributed by atoms with Crippen molar-refractivity contribution in [2.75, 3.05) is 18.8 Å². The number of rotatable bonds is 5. The Bertz CT molecular complexity index is 279. The van der Waals surface area contributed by atoms with Crippen LogP contribution in [0.25, 0.3) is 0 Å². The zero-order valence-corrected chi connectivity index (χ0v) is 13.4. The van der Waals surface area contributed by atoms with Crippen LogP contribution in [0.15, 0.2) is 0 Å². The fraction of sp³-hybridized carbons (Fsp3) is 0.929. The zero-order chi connectivity index (χ0) is 14.3. The van der Waals surface area contributed by atoms with E-state index in [2.05, 4.69) is 17.6 Å². The molecule has 1 amide bonds. The highest BCUT2D eigenvalue weighted by molar-refractivity contribution is 7.99. The second-order valence-corrected chi connectivity index (χ2v) is 7.55. The van der Waals surface area contributed by atoms with Crippen molar-refractivity contribution in [2.45, 2.75) is 63.9 Å². The van der Waals surface area contributed by atoms with Crippen molar-refractivity contribution in [3.05, 3.63) is 0 Å². The lowest BCUT2D eigenvalue weighted by molar-refractivity contribution is 0.0527. The van der Waals surface area contributed by atoms with Crippen molar-refractivity contribution in [1.82, 2.24) is 10.6 Å². The molecule has 0 aromatic rings. The molecular formula is C14H28N2O2S. The van der Waals surface area contributed by atoms with Gasteiger partial charge in [0.05, 0.1) is 0 Å². The van der Waals surface area contributed by atoms with Gasteiger partial charge in [0.1, 0.15) is 5.60 Å². The van der Waals surface area contributed by atoms with Gasteiger partial charge >= 0.3 is 6.09 Å². The van der Waals surface area contributed by atoms with Gasteiger partial charge in [-0.05, 0) is 52.3 Å². The molecule has 112 valence electrons. The van der Waals surface area contributed by atoms with Gasteiger partial charge in [0.2, 0.25) is 0 Å². The van der Waals surface area contributed by atoms with Gasteiger partial charge in [-0.2, -0.15) is 11.8 Å². The molecule has 0 spiro atoms. The first-order valence-corrected chi connectivity index (χ1v) is 8.25. The monoisotopic (exact) mass is 288 g/mol. The summed E-state index contributed by atoms with van der Waals surface area (Å²) in [4.78, 5) is 11.4. The quantitative estimate of drug-likeness (QED) is 0.764. The Balaban J connectivity index is 2.03. The van der Waals surface area contributed by atoms with Crippen LogP contribution in [0, 0.1) is 0 Å². The molecule has 0 radical (unpaired) electrons. The number of carbonyl (C=O) groups is 1. The van der Waals surface area contributed by atoms with Crippen LogP contribution < -0.4 is 10.6 Å². The van der Waals surface area contributed by atoms with Crippen LogP contribution in [0.2, 0.25) is 0 Å². The Morgan fingerprint density at radius 3 is 2.74 bits per heavy atom. The summed E-state index contributed by atoms with van der Waals surface area (Å²) < 4.78 is 5.18. The minimum absolute atomic E-state index is 0.325. The molecule has 0 aromatic carbocycles. The van der Waals surface area contributed by atoms with Crippen LogP contribution in [0.4, 0.5) is 4.79 Å². The number of thioether (sulfide) groups is 1. The number of alkyl carbamates (subject to hydrolysis) is 1. The Morgan fingerprint density at radius 1 is 1.37 bits per heavy atom. The summed E-state index contributed by atoms with van der Waals surface area (Å²) in [5, 5.41) is 7.06. The van der Waals surface area contributed by atoms with Crippen LogP contribution in [0.5, 0.6) is 0 Å². The van der Waals surface area contributed by atoms with Gasteiger partial charge in [0.25, 0.3) is 0 Å². The number of carbonyl (C=O) groups excluding carboxylic acids is 1. The molecule has 1 rings (SSSR count). The summed E-state index contributed by atoms with van der Waals surface area (Å²) in [6.07, 6.45) is 3.19. The Kier molecular flexibility index (Phi) is 7.00. The predicted molar refractivity (Wildman–Crippen MR) is 81.8 cm³/mol. The maximum Gasteiger partial charge on any atom is 0.407 e. The SMILES string of the molecule is CC1SCCCC1NCCCNC(=O)OC(C)(C)C. The Hall–Kier alpha value is -0.420. The third kappa shape index (κ3) is 7.67. The summed E-state index contributed by atoms with van der Waals surface area (Å²) in [6, 6.07) is 0.625. The van der Waals surface area contributed by atoms with Crippen molar-refractivity contribution in [3.8, 4) is 0 Å². The normalized spacial score (nSPS) is 24.0. The van der Waals surface area contributed by atoms with Crippen molar-refractivity contribution < 1.29 is 9.53 Å². The van der Waals surface area contributed by atoms with E-state index < -0.39 is 5.60 Å². The first-order valence-electron chi connectivity index (χ1n) is 7.20. The topological polar surface area (TPSA) is 50.4 Å². The summed E-state index contributed by atoms with van der Waals surface area (Å²) in [7, 11) is 0. The molecule has 1 aliphatic heterocycles. The average Bonchev–Trinajstić information content (AvgIpc) is 2.28. The third-order valence-corrected chi connectivity index (χ3v) is 4.41. The molecule has 1 aliphatic rings. The van der Waals surface area contributed by atoms with E-state index in [1.165, 1.54) is 18.6 Å². The molecule has 0 saturated carbocycles. The van der Waals surface area contributed by atoms with E-state index in [0.29, 0.717) is 17.8 Å². The number of hydrogen-bond acceptors (Lipinski definition) is 4. The summed E-state index contributed by atoms with van der Waals surface area (Å²) in [5.41, 5.74) is -0.420.